The monoisotopic (exact) mass is 416 g/mol. The first-order valence-corrected chi connectivity index (χ1v) is 10.1. The number of aromatic amines is 1. The lowest BCUT2D eigenvalue weighted by Gasteiger charge is -2.07. The van der Waals surface area contributed by atoms with E-state index in [0.29, 0.717) is 29.9 Å². The van der Waals surface area contributed by atoms with Crippen molar-refractivity contribution in [2.24, 2.45) is 12.0 Å². The van der Waals surface area contributed by atoms with Gasteiger partial charge >= 0.3 is 0 Å². The summed E-state index contributed by atoms with van der Waals surface area (Å²) >= 11 is 0. The summed E-state index contributed by atoms with van der Waals surface area (Å²) in [6, 6.07) is 16.9. The summed E-state index contributed by atoms with van der Waals surface area (Å²) in [4.78, 5) is 29.2. The molecule has 0 radical (unpaired) electrons. The van der Waals surface area contributed by atoms with Crippen molar-refractivity contribution in [1.29, 1.82) is 0 Å². The van der Waals surface area contributed by atoms with E-state index in [1.165, 1.54) is 0 Å². The predicted molar refractivity (Wildman–Crippen MR) is 124 cm³/mol. The van der Waals surface area contributed by atoms with E-state index in [2.05, 4.69) is 20.5 Å². The highest BCUT2D eigenvalue weighted by Crippen LogP contribution is 2.16. The van der Waals surface area contributed by atoms with Crippen LogP contribution in [0, 0.1) is 6.92 Å². The highest BCUT2D eigenvalue weighted by molar-refractivity contribution is 5.90. The number of H-pyrrole nitrogens is 1. The van der Waals surface area contributed by atoms with Crippen LogP contribution in [0.1, 0.15) is 17.7 Å². The molecule has 0 aliphatic rings. The Labute approximate surface area is 178 Å². The van der Waals surface area contributed by atoms with E-state index in [1.807, 2.05) is 67.2 Å². The van der Waals surface area contributed by atoms with Gasteiger partial charge < -0.3 is 5.32 Å². The van der Waals surface area contributed by atoms with Crippen LogP contribution in [-0.2, 0) is 7.05 Å². The lowest BCUT2D eigenvalue weighted by molar-refractivity contribution is 0.630. The van der Waals surface area contributed by atoms with Gasteiger partial charge in [0.2, 0.25) is 0 Å². The number of fused-ring (bicyclic) bond motifs is 1. The van der Waals surface area contributed by atoms with E-state index in [0.717, 1.165) is 23.2 Å². The van der Waals surface area contributed by atoms with E-state index < -0.39 is 0 Å². The third kappa shape index (κ3) is 4.05. The van der Waals surface area contributed by atoms with Gasteiger partial charge in [-0.3, -0.25) is 19.3 Å². The van der Waals surface area contributed by atoms with Gasteiger partial charge in [0.1, 0.15) is 0 Å². The Morgan fingerprint density at radius 2 is 1.77 bits per heavy atom. The topological polar surface area (TPSA) is 97.1 Å². The molecule has 0 bridgehead atoms. The van der Waals surface area contributed by atoms with Gasteiger partial charge in [0, 0.05) is 37.4 Å². The lowest BCUT2D eigenvalue weighted by Crippen LogP contribution is -2.20. The van der Waals surface area contributed by atoms with Crippen LogP contribution in [0.3, 0.4) is 0 Å². The Kier molecular flexibility index (Phi) is 5.79. The van der Waals surface area contributed by atoms with E-state index in [-0.39, 0.29) is 11.1 Å². The summed E-state index contributed by atoms with van der Waals surface area (Å²) in [7, 11) is 1.87. The van der Waals surface area contributed by atoms with Crippen LogP contribution >= 0.6 is 0 Å². The van der Waals surface area contributed by atoms with Gasteiger partial charge in [0.15, 0.2) is 5.82 Å². The van der Waals surface area contributed by atoms with Gasteiger partial charge in [-0.25, -0.2) is 9.78 Å². The summed E-state index contributed by atoms with van der Waals surface area (Å²) < 4.78 is 3.48. The molecular weight excluding hydrogens is 392 g/mol. The zero-order valence-corrected chi connectivity index (χ0v) is 17.5. The third-order valence-electron chi connectivity index (χ3n) is 5.27. The lowest BCUT2D eigenvalue weighted by atomic mass is 10.2. The van der Waals surface area contributed by atoms with Crippen molar-refractivity contribution in [3.05, 3.63) is 86.6 Å². The van der Waals surface area contributed by atoms with Crippen molar-refractivity contribution < 1.29 is 0 Å². The Hall–Kier alpha value is -3.94. The molecule has 158 valence electrons. The Morgan fingerprint density at radius 1 is 1.06 bits per heavy atom. The molecular formula is C23H24N6O2. The molecule has 0 spiro atoms. The molecule has 4 rings (SSSR count). The number of aromatic nitrogens is 4. The minimum absolute atomic E-state index is 0.0861. The molecule has 0 atom stereocenters. The molecule has 31 heavy (non-hydrogen) atoms. The first-order chi connectivity index (χ1) is 15.1. The molecule has 8 nitrogen and oxygen atoms in total. The molecule has 2 aromatic carbocycles. The highest BCUT2D eigenvalue weighted by Gasteiger charge is 2.14. The fourth-order valence-electron chi connectivity index (χ4n) is 3.52. The fraction of sp³-hybridized carbons (Fsp3) is 0.217. The number of aliphatic imine (C=N–C) groups is 1. The van der Waals surface area contributed by atoms with Crippen LogP contribution < -0.4 is 16.4 Å². The number of benzene rings is 2. The molecule has 2 heterocycles. The number of hydrogen-bond donors (Lipinski definition) is 2. The number of nitrogens with zero attached hydrogens (tertiary/aromatic N) is 4. The molecule has 2 aromatic heterocycles. The van der Waals surface area contributed by atoms with Crippen LogP contribution in [0.2, 0.25) is 0 Å². The molecule has 0 saturated carbocycles. The Morgan fingerprint density at radius 3 is 2.55 bits per heavy atom. The second-order valence-electron chi connectivity index (χ2n) is 7.24. The van der Waals surface area contributed by atoms with Crippen LogP contribution in [0.25, 0.3) is 16.5 Å². The van der Waals surface area contributed by atoms with Crippen molar-refractivity contribution in [2.45, 2.75) is 13.3 Å². The highest BCUT2D eigenvalue weighted by atomic mass is 16.1. The molecule has 0 aliphatic heterocycles. The normalized spacial score (nSPS) is 11.4. The van der Waals surface area contributed by atoms with Gasteiger partial charge in [-0.15, -0.1) is 0 Å². The maximum atomic E-state index is 12.9. The van der Waals surface area contributed by atoms with Crippen molar-refractivity contribution >= 4 is 22.8 Å². The third-order valence-corrected chi connectivity index (χ3v) is 5.27. The zero-order valence-electron chi connectivity index (χ0n) is 17.5. The van der Waals surface area contributed by atoms with Crippen molar-refractivity contribution in [3.63, 3.8) is 0 Å². The van der Waals surface area contributed by atoms with Gasteiger partial charge in [-0.1, -0.05) is 36.4 Å². The summed E-state index contributed by atoms with van der Waals surface area (Å²) in [5, 5.41) is 11.3. The molecule has 4 aromatic rings. The van der Waals surface area contributed by atoms with Gasteiger partial charge in [-0.2, -0.15) is 5.10 Å². The fourth-order valence-corrected chi connectivity index (χ4v) is 3.52. The van der Waals surface area contributed by atoms with Crippen LogP contribution in [-0.4, -0.2) is 38.9 Å². The van der Waals surface area contributed by atoms with Gasteiger partial charge in [0.25, 0.3) is 11.1 Å². The van der Waals surface area contributed by atoms with Crippen molar-refractivity contribution in [1.82, 2.24) is 19.6 Å². The second-order valence-corrected chi connectivity index (χ2v) is 7.24. The maximum absolute atomic E-state index is 12.9. The largest absolute Gasteiger partial charge is 0.368 e. The van der Waals surface area contributed by atoms with E-state index >= 15 is 0 Å². The smallest absolute Gasteiger partial charge is 0.280 e. The van der Waals surface area contributed by atoms with Gasteiger partial charge in [0.05, 0.1) is 16.6 Å². The first kappa shape index (κ1) is 20.3. The maximum Gasteiger partial charge on any atom is 0.280 e. The van der Waals surface area contributed by atoms with Gasteiger partial charge in [-0.05, 0) is 31.5 Å². The SMILES string of the molecule is Cc1c(C=NCCCNc2n[nH]c(=O)c3ccccc23)c(=O)n(-c2ccccc2)n1C. The van der Waals surface area contributed by atoms with E-state index in [4.69, 9.17) is 0 Å². The standard InChI is InChI=1S/C23H24N6O2/c1-16-20(23(31)29(28(16)2)17-9-4-3-5-10-17)15-24-13-8-14-25-21-18-11-6-7-12-19(18)22(30)27-26-21/h3-7,9-12,15H,8,13-14H2,1-2H3,(H,25,26)(H,27,30). The molecule has 2 N–H and O–H groups in total. The molecule has 0 amide bonds. The minimum atomic E-state index is -0.204. The summed E-state index contributed by atoms with van der Waals surface area (Å²) in [6.07, 6.45) is 2.41. The Bertz CT molecular complexity index is 1350. The predicted octanol–water partition coefficient (Wildman–Crippen LogP) is 2.64. The summed E-state index contributed by atoms with van der Waals surface area (Å²) in [5.74, 6) is 0.642. The van der Waals surface area contributed by atoms with Crippen molar-refractivity contribution in [2.75, 3.05) is 18.4 Å². The number of anilines is 1. The first-order valence-electron chi connectivity index (χ1n) is 10.1. The van der Waals surface area contributed by atoms with Crippen LogP contribution in [0.4, 0.5) is 5.82 Å². The molecule has 0 unspecified atom stereocenters. The minimum Gasteiger partial charge on any atom is -0.368 e. The van der Waals surface area contributed by atoms with E-state index in [9.17, 15) is 9.59 Å². The molecule has 8 heteroatoms. The molecule has 0 fully saturated rings. The quantitative estimate of drug-likeness (QED) is 0.358. The number of nitrogens with one attached hydrogen (secondary N) is 2. The van der Waals surface area contributed by atoms with Crippen LogP contribution in [0.5, 0.6) is 0 Å². The zero-order chi connectivity index (χ0) is 21.8. The average Bonchev–Trinajstić information content (AvgIpc) is 3.01. The molecule has 0 aliphatic carbocycles. The van der Waals surface area contributed by atoms with Crippen molar-refractivity contribution in [3.8, 4) is 5.69 Å². The second kappa shape index (κ2) is 8.83. The van der Waals surface area contributed by atoms with E-state index in [1.54, 1.807) is 17.0 Å². The van der Waals surface area contributed by atoms with Crippen LogP contribution in [0.15, 0.2) is 69.2 Å². The summed E-state index contributed by atoms with van der Waals surface area (Å²) in [5.41, 5.74) is 1.98. The number of para-hydroxylation sites is 1. The molecule has 0 saturated heterocycles. The number of rotatable bonds is 7. The Balaban J connectivity index is 1.40. The summed E-state index contributed by atoms with van der Waals surface area (Å²) in [6.45, 7) is 3.12. The average molecular weight is 416 g/mol. The number of hydrogen-bond acceptors (Lipinski definition) is 5.